The molecule has 3 aromatic carbocycles. The number of fused-ring (bicyclic) bond motifs is 1. The lowest BCUT2D eigenvalue weighted by molar-refractivity contribution is -0.118. The Morgan fingerprint density at radius 3 is 2.44 bits per heavy atom. The zero-order valence-corrected chi connectivity index (χ0v) is 17.7. The van der Waals surface area contributed by atoms with Crippen LogP contribution in [0.5, 0.6) is 11.5 Å². The van der Waals surface area contributed by atoms with E-state index in [4.69, 9.17) is 13.9 Å². The standard InChI is InChI=1S/C25H22N2O5/c1-16-10-12-17(13-11-16)26-25(29)24-23(20-8-3-4-9-21(20)32-24)27-22(28)15-31-19-7-5-6-18(14-19)30-2/h3-14H,15H2,1-2H3,(H,26,29)(H,27,28). The number of hydrogen-bond donors (Lipinski definition) is 2. The first-order valence-electron chi connectivity index (χ1n) is 10.00. The summed E-state index contributed by atoms with van der Waals surface area (Å²) in [5, 5.41) is 6.18. The number of carbonyl (C=O) groups excluding carboxylic acids is 2. The lowest BCUT2D eigenvalue weighted by Gasteiger charge is -2.09. The average molecular weight is 430 g/mol. The van der Waals surface area contributed by atoms with E-state index < -0.39 is 11.8 Å². The van der Waals surface area contributed by atoms with Gasteiger partial charge in [-0.05, 0) is 43.3 Å². The molecule has 7 nitrogen and oxygen atoms in total. The van der Waals surface area contributed by atoms with Gasteiger partial charge in [-0.1, -0.05) is 35.9 Å². The molecule has 0 aliphatic heterocycles. The maximum Gasteiger partial charge on any atom is 0.293 e. The quantitative estimate of drug-likeness (QED) is 0.430. The number of nitrogens with one attached hydrogen (secondary N) is 2. The molecule has 0 aliphatic carbocycles. The fraction of sp³-hybridized carbons (Fsp3) is 0.120. The number of hydrogen-bond acceptors (Lipinski definition) is 5. The van der Waals surface area contributed by atoms with E-state index in [0.717, 1.165) is 5.56 Å². The summed E-state index contributed by atoms with van der Waals surface area (Å²) in [7, 11) is 1.55. The zero-order chi connectivity index (χ0) is 22.5. The molecular formula is C25H22N2O5. The third-order valence-corrected chi connectivity index (χ3v) is 4.79. The molecule has 0 saturated carbocycles. The minimum Gasteiger partial charge on any atom is -0.497 e. The van der Waals surface area contributed by atoms with E-state index in [1.165, 1.54) is 0 Å². The summed E-state index contributed by atoms with van der Waals surface area (Å²) in [6.45, 7) is 1.72. The van der Waals surface area contributed by atoms with Crippen molar-refractivity contribution in [1.82, 2.24) is 0 Å². The number of ether oxygens (including phenoxy) is 2. The molecular weight excluding hydrogens is 408 g/mol. The molecule has 7 heteroatoms. The van der Waals surface area contributed by atoms with Gasteiger partial charge in [-0.15, -0.1) is 0 Å². The minimum atomic E-state index is -0.464. The molecule has 0 radical (unpaired) electrons. The Kier molecular flexibility index (Phi) is 6.07. The molecule has 0 bridgehead atoms. The number of rotatable bonds is 7. The van der Waals surface area contributed by atoms with Crippen LogP contribution in [-0.4, -0.2) is 25.5 Å². The van der Waals surface area contributed by atoms with E-state index in [-0.39, 0.29) is 12.4 Å². The predicted molar refractivity (Wildman–Crippen MR) is 122 cm³/mol. The van der Waals surface area contributed by atoms with Crippen LogP contribution < -0.4 is 20.1 Å². The number of benzene rings is 3. The van der Waals surface area contributed by atoms with Crippen LogP contribution in [-0.2, 0) is 4.79 Å². The van der Waals surface area contributed by atoms with Gasteiger partial charge < -0.3 is 24.5 Å². The van der Waals surface area contributed by atoms with Crippen LogP contribution in [0, 0.1) is 6.92 Å². The summed E-state index contributed by atoms with van der Waals surface area (Å²) in [5.41, 5.74) is 2.49. The molecule has 2 N–H and O–H groups in total. The fourth-order valence-corrected chi connectivity index (χ4v) is 3.17. The summed E-state index contributed by atoms with van der Waals surface area (Å²) in [6.07, 6.45) is 0. The van der Waals surface area contributed by atoms with E-state index in [9.17, 15) is 9.59 Å². The first kappa shape index (κ1) is 21.0. The zero-order valence-electron chi connectivity index (χ0n) is 17.7. The van der Waals surface area contributed by atoms with Crippen molar-refractivity contribution in [3.8, 4) is 11.5 Å². The van der Waals surface area contributed by atoms with Crippen LogP contribution in [0.1, 0.15) is 16.1 Å². The number of aryl methyl sites for hydroxylation is 1. The van der Waals surface area contributed by atoms with E-state index >= 15 is 0 Å². The lowest BCUT2D eigenvalue weighted by atomic mass is 10.2. The highest BCUT2D eigenvalue weighted by Gasteiger charge is 2.22. The Hall–Kier alpha value is -4.26. The fourth-order valence-electron chi connectivity index (χ4n) is 3.17. The van der Waals surface area contributed by atoms with Gasteiger partial charge in [-0.25, -0.2) is 0 Å². The second-order valence-corrected chi connectivity index (χ2v) is 7.14. The molecule has 4 rings (SSSR count). The molecule has 4 aromatic rings. The molecule has 1 aromatic heterocycles. The van der Waals surface area contributed by atoms with Gasteiger partial charge in [0.2, 0.25) is 5.76 Å². The van der Waals surface area contributed by atoms with Crippen LogP contribution in [0.4, 0.5) is 11.4 Å². The Bertz CT molecular complexity index is 1260. The largest absolute Gasteiger partial charge is 0.497 e. The van der Waals surface area contributed by atoms with Crippen molar-refractivity contribution in [3.05, 3.63) is 84.1 Å². The number of amides is 2. The van der Waals surface area contributed by atoms with E-state index in [1.807, 2.05) is 25.1 Å². The Balaban J connectivity index is 1.53. The van der Waals surface area contributed by atoms with E-state index in [1.54, 1.807) is 61.7 Å². The average Bonchev–Trinajstić information content (AvgIpc) is 3.18. The van der Waals surface area contributed by atoms with Crippen molar-refractivity contribution in [3.63, 3.8) is 0 Å². The van der Waals surface area contributed by atoms with Gasteiger partial charge in [-0.3, -0.25) is 9.59 Å². The number of para-hydroxylation sites is 1. The van der Waals surface area contributed by atoms with Crippen LogP contribution >= 0.6 is 0 Å². The molecule has 0 atom stereocenters. The van der Waals surface area contributed by atoms with Gasteiger partial charge in [0.25, 0.3) is 11.8 Å². The summed E-state index contributed by atoms with van der Waals surface area (Å²) < 4.78 is 16.5. The SMILES string of the molecule is COc1cccc(OCC(=O)Nc2c(C(=O)Nc3ccc(C)cc3)oc3ccccc23)c1. The molecule has 162 valence electrons. The topological polar surface area (TPSA) is 89.8 Å². The molecule has 0 aliphatic rings. The summed E-state index contributed by atoms with van der Waals surface area (Å²) in [4.78, 5) is 25.5. The van der Waals surface area contributed by atoms with Gasteiger partial charge >= 0.3 is 0 Å². The monoisotopic (exact) mass is 430 g/mol. The third-order valence-electron chi connectivity index (χ3n) is 4.79. The van der Waals surface area contributed by atoms with Crippen LogP contribution in [0.3, 0.4) is 0 Å². The highest BCUT2D eigenvalue weighted by atomic mass is 16.5. The van der Waals surface area contributed by atoms with Crippen molar-refractivity contribution in [2.45, 2.75) is 6.92 Å². The van der Waals surface area contributed by atoms with Crippen molar-refractivity contribution in [1.29, 1.82) is 0 Å². The molecule has 0 spiro atoms. The maximum absolute atomic E-state index is 12.9. The molecule has 1 heterocycles. The first-order valence-corrected chi connectivity index (χ1v) is 10.00. The van der Waals surface area contributed by atoms with Crippen molar-refractivity contribution >= 4 is 34.2 Å². The van der Waals surface area contributed by atoms with Gasteiger partial charge in [0.05, 0.1) is 7.11 Å². The first-order chi connectivity index (χ1) is 15.5. The third kappa shape index (κ3) is 4.73. The molecule has 0 saturated heterocycles. The van der Waals surface area contributed by atoms with E-state index in [2.05, 4.69) is 10.6 Å². The normalized spacial score (nSPS) is 10.6. The van der Waals surface area contributed by atoms with Crippen molar-refractivity contribution in [2.24, 2.45) is 0 Å². The number of methoxy groups -OCH3 is 1. The second kappa shape index (κ2) is 9.26. The highest BCUT2D eigenvalue weighted by Crippen LogP contribution is 2.31. The molecule has 0 unspecified atom stereocenters. The van der Waals surface area contributed by atoms with Crippen molar-refractivity contribution in [2.75, 3.05) is 24.4 Å². The van der Waals surface area contributed by atoms with Crippen LogP contribution in [0.15, 0.2) is 77.2 Å². The Morgan fingerprint density at radius 1 is 0.906 bits per heavy atom. The lowest BCUT2D eigenvalue weighted by Crippen LogP contribution is -2.22. The van der Waals surface area contributed by atoms with Gasteiger partial charge in [0.15, 0.2) is 6.61 Å². The highest BCUT2D eigenvalue weighted by molar-refractivity contribution is 6.14. The van der Waals surface area contributed by atoms with Crippen LogP contribution in [0.2, 0.25) is 0 Å². The number of carbonyl (C=O) groups is 2. The van der Waals surface area contributed by atoms with Gasteiger partial charge in [0.1, 0.15) is 22.8 Å². The van der Waals surface area contributed by atoms with Gasteiger partial charge in [0, 0.05) is 17.1 Å². The molecule has 0 fully saturated rings. The van der Waals surface area contributed by atoms with Crippen LogP contribution in [0.25, 0.3) is 11.0 Å². The predicted octanol–water partition coefficient (Wildman–Crippen LogP) is 5.02. The number of anilines is 2. The summed E-state index contributed by atoms with van der Waals surface area (Å²) in [5.74, 6) is 0.243. The smallest absolute Gasteiger partial charge is 0.293 e. The summed E-state index contributed by atoms with van der Waals surface area (Å²) in [6, 6.07) is 21.5. The maximum atomic E-state index is 12.9. The van der Waals surface area contributed by atoms with Gasteiger partial charge in [-0.2, -0.15) is 0 Å². The Morgan fingerprint density at radius 2 is 1.66 bits per heavy atom. The van der Waals surface area contributed by atoms with Crippen molar-refractivity contribution < 1.29 is 23.5 Å². The number of furan rings is 1. The summed E-state index contributed by atoms with van der Waals surface area (Å²) >= 11 is 0. The molecule has 32 heavy (non-hydrogen) atoms. The van der Waals surface area contributed by atoms with E-state index in [0.29, 0.717) is 33.8 Å². The minimum absolute atomic E-state index is 0.0153. The molecule has 2 amide bonds. The second-order valence-electron chi connectivity index (χ2n) is 7.14. The Labute approximate surface area is 184 Å².